The molecule has 2 N–H and O–H groups in total. The van der Waals surface area contributed by atoms with E-state index in [0.717, 1.165) is 23.2 Å². The molecule has 5 rings (SSSR count). The number of carbonyl (C=O) groups is 2. The van der Waals surface area contributed by atoms with E-state index in [0.29, 0.717) is 16.1 Å². The first kappa shape index (κ1) is 32.5. The number of amides is 2. The molecule has 2 amide bonds. The Morgan fingerprint density at radius 2 is 1.76 bits per heavy atom. The molecule has 0 saturated heterocycles. The molecule has 0 aliphatic heterocycles. The van der Waals surface area contributed by atoms with Gasteiger partial charge in [0.25, 0.3) is 17.6 Å². The molecule has 46 heavy (non-hydrogen) atoms. The first-order valence-electron chi connectivity index (χ1n) is 13.8. The van der Waals surface area contributed by atoms with Gasteiger partial charge in [0.1, 0.15) is 12.2 Å². The molecule has 0 aliphatic carbocycles. The number of halogens is 5. The minimum atomic E-state index is -4.79. The van der Waals surface area contributed by atoms with E-state index in [1.165, 1.54) is 24.4 Å². The molecular formula is C29H25Cl2F3N10O2. The van der Waals surface area contributed by atoms with Gasteiger partial charge in [-0.2, -0.15) is 23.1 Å². The van der Waals surface area contributed by atoms with Crippen molar-refractivity contribution < 1.29 is 22.8 Å². The van der Waals surface area contributed by atoms with Crippen LogP contribution in [0.1, 0.15) is 62.7 Å². The van der Waals surface area contributed by atoms with Crippen molar-refractivity contribution in [2.24, 2.45) is 0 Å². The van der Waals surface area contributed by atoms with Crippen molar-refractivity contribution in [3.8, 4) is 5.82 Å². The summed E-state index contributed by atoms with van der Waals surface area (Å²) in [7, 11) is 0. The van der Waals surface area contributed by atoms with E-state index in [9.17, 15) is 22.8 Å². The molecule has 0 bridgehead atoms. The topological polar surface area (TPSA) is 145 Å². The van der Waals surface area contributed by atoms with Gasteiger partial charge in [-0.1, -0.05) is 42.6 Å². The molecule has 4 aromatic heterocycles. The van der Waals surface area contributed by atoms with E-state index >= 15 is 0 Å². The third-order valence-electron chi connectivity index (χ3n) is 6.53. The van der Waals surface area contributed by atoms with E-state index in [-0.39, 0.29) is 51.6 Å². The number of anilines is 1. The number of hydrogen-bond acceptors (Lipinski definition) is 8. The zero-order chi connectivity index (χ0) is 33.0. The maximum absolute atomic E-state index is 13.8. The average Bonchev–Trinajstić information content (AvgIpc) is 3.66. The van der Waals surface area contributed by atoms with Crippen molar-refractivity contribution in [1.29, 1.82) is 0 Å². The molecule has 0 aliphatic rings. The molecule has 17 heteroatoms. The highest BCUT2D eigenvalue weighted by molar-refractivity contribution is 6.32. The van der Waals surface area contributed by atoms with Gasteiger partial charge in [-0.25, -0.2) is 9.67 Å². The molecule has 0 radical (unpaired) electrons. The number of alkyl halides is 3. The molecule has 4 heterocycles. The van der Waals surface area contributed by atoms with Crippen molar-refractivity contribution in [3.63, 3.8) is 0 Å². The van der Waals surface area contributed by atoms with E-state index < -0.39 is 23.8 Å². The van der Waals surface area contributed by atoms with Crippen LogP contribution in [0.2, 0.25) is 10.0 Å². The summed E-state index contributed by atoms with van der Waals surface area (Å²) >= 11 is 12.6. The number of nitrogens with one attached hydrogen (secondary N) is 2. The summed E-state index contributed by atoms with van der Waals surface area (Å²) in [5.74, 6) is -2.59. The summed E-state index contributed by atoms with van der Waals surface area (Å²) in [6.45, 7) is 3.49. The Kier molecular flexibility index (Phi) is 9.63. The largest absolute Gasteiger partial charge is 0.455 e. The van der Waals surface area contributed by atoms with Gasteiger partial charge in [0.05, 0.1) is 34.2 Å². The van der Waals surface area contributed by atoms with Crippen LogP contribution < -0.4 is 10.6 Å². The molecule has 5 aromatic rings. The van der Waals surface area contributed by atoms with Crippen LogP contribution in [0.25, 0.3) is 5.82 Å². The first-order valence-corrected chi connectivity index (χ1v) is 14.6. The van der Waals surface area contributed by atoms with Crippen LogP contribution in [-0.4, -0.2) is 51.8 Å². The Hall–Kier alpha value is -4.89. The second kappa shape index (κ2) is 13.6. The number of nitrogens with zero attached hydrogens (tertiary/aromatic N) is 8. The van der Waals surface area contributed by atoms with Gasteiger partial charge in [-0.15, -0.1) is 10.2 Å². The van der Waals surface area contributed by atoms with Crippen molar-refractivity contribution in [1.82, 2.24) is 45.3 Å². The fourth-order valence-corrected chi connectivity index (χ4v) is 4.96. The molecule has 238 valence electrons. The number of hydrogen-bond donors (Lipinski definition) is 2. The molecule has 0 atom stereocenters. The summed E-state index contributed by atoms with van der Waals surface area (Å²) in [6, 6.07) is 13.0. The SMILES string of the molecule is CCCc1cccc(CNC(=O)c2cc(Cl)cc(C)c2NC(=O)c2cc(Cn3nnc(C(F)(F)F)n3)nn2-c2ncccc2Cl)n1. The van der Waals surface area contributed by atoms with Crippen LogP contribution >= 0.6 is 23.2 Å². The molecule has 0 fully saturated rings. The summed E-state index contributed by atoms with van der Waals surface area (Å²) in [6.07, 6.45) is -1.63. The predicted octanol–water partition coefficient (Wildman–Crippen LogP) is 5.47. The lowest BCUT2D eigenvalue weighted by molar-refractivity contribution is -0.145. The van der Waals surface area contributed by atoms with Crippen LogP contribution in [0.5, 0.6) is 0 Å². The number of aromatic nitrogens is 8. The zero-order valence-electron chi connectivity index (χ0n) is 24.3. The lowest BCUT2D eigenvalue weighted by atomic mass is 10.1. The van der Waals surface area contributed by atoms with Crippen molar-refractivity contribution in [3.05, 3.63) is 105 Å². The smallest absolute Gasteiger partial charge is 0.346 e. The Bertz CT molecular complexity index is 1910. The van der Waals surface area contributed by atoms with Gasteiger partial charge in [-0.05, 0) is 66.6 Å². The highest BCUT2D eigenvalue weighted by Crippen LogP contribution is 2.28. The van der Waals surface area contributed by atoms with E-state index in [2.05, 4.69) is 41.1 Å². The third-order valence-corrected chi connectivity index (χ3v) is 7.04. The highest BCUT2D eigenvalue weighted by atomic mass is 35.5. The van der Waals surface area contributed by atoms with Crippen LogP contribution in [0.15, 0.2) is 54.7 Å². The summed E-state index contributed by atoms with van der Waals surface area (Å²) in [5.41, 5.74) is 2.33. The zero-order valence-corrected chi connectivity index (χ0v) is 25.8. The van der Waals surface area contributed by atoms with Crippen LogP contribution in [0.3, 0.4) is 0 Å². The van der Waals surface area contributed by atoms with Crippen molar-refractivity contribution in [2.75, 3.05) is 5.32 Å². The van der Waals surface area contributed by atoms with Gasteiger partial charge in [0, 0.05) is 16.9 Å². The number of rotatable bonds is 10. The van der Waals surface area contributed by atoms with Crippen LogP contribution in [-0.2, 0) is 25.7 Å². The lowest BCUT2D eigenvalue weighted by Crippen LogP contribution is -2.26. The quantitative estimate of drug-likeness (QED) is 0.199. The molecular weight excluding hydrogens is 648 g/mol. The van der Waals surface area contributed by atoms with Crippen LogP contribution in [0, 0.1) is 6.92 Å². The van der Waals surface area contributed by atoms with Gasteiger partial charge < -0.3 is 10.6 Å². The van der Waals surface area contributed by atoms with Crippen LogP contribution in [0.4, 0.5) is 18.9 Å². The normalized spacial score (nSPS) is 11.5. The van der Waals surface area contributed by atoms with Gasteiger partial charge in [0.15, 0.2) is 5.82 Å². The first-order chi connectivity index (χ1) is 21.9. The standard InChI is InChI=1S/C29H25Cl2F3N10O2/c1-3-6-18-7-4-8-19(37-18)14-36-26(45)21-12-17(30)11-16(2)24(21)38-27(46)23-13-20(15-43-41-28(39-42-43)29(32,33)34)40-44(23)25-22(31)9-5-10-35-25/h4-5,7-13H,3,6,14-15H2,1-2H3,(H,36,45)(H,38,46). The number of benzene rings is 1. The minimum Gasteiger partial charge on any atom is -0.346 e. The van der Waals surface area contributed by atoms with E-state index in [1.54, 1.807) is 25.1 Å². The number of tetrazole rings is 1. The van der Waals surface area contributed by atoms with Gasteiger partial charge in [0.2, 0.25) is 0 Å². The molecule has 12 nitrogen and oxygen atoms in total. The van der Waals surface area contributed by atoms with Gasteiger partial charge >= 0.3 is 6.18 Å². The maximum atomic E-state index is 13.8. The molecule has 0 unspecified atom stereocenters. The van der Waals surface area contributed by atoms with E-state index in [4.69, 9.17) is 23.2 Å². The fraction of sp³-hybridized carbons (Fsp3) is 0.241. The average molecular weight is 673 g/mol. The van der Waals surface area contributed by atoms with Gasteiger partial charge in [-0.3, -0.25) is 14.6 Å². The van der Waals surface area contributed by atoms with E-state index in [1.807, 2.05) is 19.1 Å². The Labute approximate surface area is 270 Å². The number of aryl methyl sites for hydroxylation is 2. The van der Waals surface area contributed by atoms with Crippen molar-refractivity contribution >= 4 is 40.7 Å². The number of carbonyl (C=O) groups excluding carboxylic acids is 2. The summed E-state index contributed by atoms with van der Waals surface area (Å²) in [4.78, 5) is 36.6. The van der Waals surface area contributed by atoms with Crippen molar-refractivity contribution in [2.45, 2.75) is 46.0 Å². The highest BCUT2D eigenvalue weighted by Gasteiger charge is 2.37. The fourth-order valence-electron chi connectivity index (χ4n) is 4.49. The summed E-state index contributed by atoms with van der Waals surface area (Å²) < 4.78 is 40.1. The Morgan fingerprint density at radius 3 is 2.48 bits per heavy atom. The summed E-state index contributed by atoms with van der Waals surface area (Å²) in [5, 5.41) is 20.1. The predicted molar refractivity (Wildman–Crippen MR) is 162 cm³/mol. The Balaban J connectivity index is 1.44. The second-order valence-corrected chi connectivity index (χ2v) is 10.9. The third kappa shape index (κ3) is 7.49. The lowest BCUT2D eigenvalue weighted by Gasteiger charge is -2.15. The molecule has 0 saturated carbocycles. The number of pyridine rings is 2. The second-order valence-electron chi connectivity index (χ2n) is 10.0. The minimum absolute atomic E-state index is 0.0756. The monoisotopic (exact) mass is 672 g/mol. The Morgan fingerprint density at radius 1 is 0.978 bits per heavy atom. The maximum Gasteiger partial charge on any atom is 0.455 e. The molecule has 0 spiro atoms. The molecule has 1 aromatic carbocycles.